The first kappa shape index (κ1) is 18.3. The summed E-state index contributed by atoms with van der Waals surface area (Å²) in [5.74, 6) is -1.17. The van der Waals surface area contributed by atoms with Crippen molar-refractivity contribution >= 4 is 16.2 Å². The highest BCUT2D eigenvalue weighted by Gasteiger charge is 2.29. The number of carbonyl (C=O) groups is 1. The van der Waals surface area contributed by atoms with Gasteiger partial charge in [-0.05, 0) is 12.8 Å². The molecule has 0 fully saturated rings. The summed E-state index contributed by atoms with van der Waals surface area (Å²) in [6.45, 7) is 4.20. The fraction of sp³-hybridized carbons (Fsp3) is 0.909. The Hall–Kier alpha value is -0.700. The van der Waals surface area contributed by atoms with Gasteiger partial charge in [-0.3, -0.25) is 4.79 Å². The zero-order chi connectivity index (χ0) is 14.9. The monoisotopic (exact) mass is 296 g/mol. The van der Waals surface area contributed by atoms with Gasteiger partial charge >= 0.3 is 5.97 Å². The summed E-state index contributed by atoms with van der Waals surface area (Å²) in [4.78, 5) is 10.8. The molecule has 0 amide bonds. The Bertz CT molecular complexity index is 352. The van der Waals surface area contributed by atoms with Gasteiger partial charge in [-0.1, -0.05) is 13.8 Å². The summed E-state index contributed by atoms with van der Waals surface area (Å²) >= 11 is 0. The Balaban J connectivity index is 5.04. The van der Waals surface area contributed by atoms with Crippen molar-refractivity contribution in [1.29, 1.82) is 0 Å². The van der Waals surface area contributed by atoms with E-state index in [4.69, 9.17) is 9.84 Å². The Morgan fingerprint density at radius 2 is 1.63 bits per heavy atom. The van der Waals surface area contributed by atoms with Crippen molar-refractivity contribution in [3.63, 3.8) is 0 Å². The second kappa shape index (κ2) is 9.24. The van der Waals surface area contributed by atoms with Crippen LogP contribution in [0.2, 0.25) is 0 Å². The zero-order valence-electron chi connectivity index (χ0n) is 11.8. The second-order valence-corrected chi connectivity index (χ2v) is 6.06. The smallest absolute Gasteiger partial charge is 0.318 e. The Labute approximate surface area is 115 Å². The first-order valence-electron chi connectivity index (χ1n) is 6.36. The molecule has 1 N–H and O–H groups in total. The van der Waals surface area contributed by atoms with Crippen LogP contribution < -0.4 is 0 Å². The third kappa shape index (κ3) is 6.33. The molecule has 8 heteroatoms. The van der Waals surface area contributed by atoms with Gasteiger partial charge in [-0.2, -0.15) is 17.0 Å². The van der Waals surface area contributed by atoms with E-state index in [2.05, 4.69) is 0 Å². The summed E-state index contributed by atoms with van der Waals surface area (Å²) < 4.78 is 31.9. The molecule has 19 heavy (non-hydrogen) atoms. The first-order valence-corrected chi connectivity index (χ1v) is 7.75. The lowest BCUT2D eigenvalue weighted by Crippen LogP contribution is -2.47. The average molecular weight is 296 g/mol. The number of carboxylic acid groups (broad SMARTS) is 1. The van der Waals surface area contributed by atoms with E-state index in [1.165, 1.54) is 11.4 Å². The molecule has 0 aliphatic heterocycles. The Morgan fingerprint density at radius 3 is 2.00 bits per heavy atom. The van der Waals surface area contributed by atoms with E-state index in [0.717, 1.165) is 4.31 Å². The van der Waals surface area contributed by atoms with Crippen molar-refractivity contribution in [3.8, 4) is 0 Å². The van der Waals surface area contributed by atoms with Crippen molar-refractivity contribution in [2.75, 3.05) is 39.9 Å². The third-order valence-corrected chi connectivity index (χ3v) is 4.44. The lowest BCUT2D eigenvalue weighted by atomic mass is 10.4. The van der Waals surface area contributed by atoms with Crippen LogP contribution in [0.25, 0.3) is 0 Å². The van der Waals surface area contributed by atoms with Gasteiger partial charge in [0.1, 0.15) is 6.54 Å². The number of rotatable bonds is 11. The largest absolute Gasteiger partial charge is 0.480 e. The highest BCUT2D eigenvalue weighted by atomic mass is 32.2. The number of methoxy groups -OCH3 is 1. The highest BCUT2D eigenvalue weighted by molar-refractivity contribution is 7.86. The molecule has 0 aromatic rings. The molecule has 0 aliphatic carbocycles. The molecule has 0 bridgehead atoms. The minimum Gasteiger partial charge on any atom is -0.480 e. The maximum atomic E-state index is 12.4. The molecule has 7 nitrogen and oxygen atoms in total. The lowest BCUT2D eigenvalue weighted by Gasteiger charge is -2.28. The third-order valence-electron chi connectivity index (χ3n) is 2.46. The number of hydrogen-bond acceptors (Lipinski definition) is 4. The maximum absolute atomic E-state index is 12.4. The molecule has 0 rings (SSSR count). The topological polar surface area (TPSA) is 87.2 Å². The van der Waals surface area contributed by atoms with E-state index in [1.807, 2.05) is 13.8 Å². The summed E-state index contributed by atoms with van der Waals surface area (Å²) in [7, 11) is -2.30. The molecule has 0 aromatic carbocycles. The minimum atomic E-state index is -3.75. The molecule has 0 unspecified atom stereocenters. The van der Waals surface area contributed by atoms with E-state index in [1.54, 1.807) is 0 Å². The molecule has 0 aliphatic rings. The molecule has 0 heterocycles. The van der Waals surface area contributed by atoms with Gasteiger partial charge in [0.2, 0.25) is 0 Å². The lowest BCUT2D eigenvalue weighted by molar-refractivity contribution is -0.137. The van der Waals surface area contributed by atoms with E-state index < -0.39 is 22.7 Å². The van der Waals surface area contributed by atoms with Crippen LogP contribution in [0.1, 0.15) is 26.7 Å². The Kier molecular flexibility index (Phi) is 8.90. The van der Waals surface area contributed by atoms with Crippen molar-refractivity contribution in [2.24, 2.45) is 0 Å². The van der Waals surface area contributed by atoms with E-state index in [-0.39, 0.29) is 13.2 Å². The van der Waals surface area contributed by atoms with Crippen LogP contribution in [0.5, 0.6) is 0 Å². The van der Waals surface area contributed by atoms with Crippen LogP contribution in [0.15, 0.2) is 0 Å². The van der Waals surface area contributed by atoms with E-state index in [0.29, 0.717) is 25.9 Å². The van der Waals surface area contributed by atoms with E-state index >= 15 is 0 Å². The van der Waals surface area contributed by atoms with Crippen LogP contribution in [0, 0.1) is 0 Å². The van der Waals surface area contributed by atoms with Gasteiger partial charge in [0.05, 0.1) is 6.61 Å². The summed E-state index contributed by atoms with van der Waals surface area (Å²) in [5.41, 5.74) is 0. The molecule has 0 radical (unpaired) electrons. The van der Waals surface area contributed by atoms with Crippen molar-refractivity contribution in [2.45, 2.75) is 26.7 Å². The molecule has 0 atom stereocenters. The van der Waals surface area contributed by atoms with Crippen LogP contribution in [-0.4, -0.2) is 68.0 Å². The molecule has 0 aromatic heterocycles. The second-order valence-electron chi connectivity index (χ2n) is 4.13. The van der Waals surface area contributed by atoms with Gasteiger partial charge in [-0.25, -0.2) is 0 Å². The van der Waals surface area contributed by atoms with Gasteiger partial charge in [-0.15, -0.1) is 0 Å². The van der Waals surface area contributed by atoms with Crippen molar-refractivity contribution in [1.82, 2.24) is 8.61 Å². The predicted octanol–water partition coefficient (Wildman–Crippen LogP) is 0.386. The van der Waals surface area contributed by atoms with Gasteiger partial charge in [0, 0.05) is 26.7 Å². The fourth-order valence-electron chi connectivity index (χ4n) is 1.62. The normalized spacial score (nSPS) is 12.3. The summed E-state index contributed by atoms with van der Waals surface area (Å²) in [6.07, 6.45) is 1.37. The van der Waals surface area contributed by atoms with Crippen molar-refractivity contribution < 1.29 is 23.1 Å². The summed E-state index contributed by atoms with van der Waals surface area (Å²) in [5, 5.41) is 8.82. The van der Waals surface area contributed by atoms with Crippen LogP contribution in [0.3, 0.4) is 0 Å². The maximum Gasteiger partial charge on any atom is 0.318 e. The molecular weight excluding hydrogens is 272 g/mol. The van der Waals surface area contributed by atoms with Crippen LogP contribution >= 0.6 is 0 Å². The standard InChI is InChI=1S/C11H24N2O5S/c1-4-6-12(7-5-2)19(16,17)13(8-9-18-3)10-11(14)15/h4-10H2,1-3H3,(H,14,15). The first-order chi connectivity index (χ1) is 8.89. The van der Waals surface area contributed by atoms with Gasteiger partial charge in [0.25, 0.3) is 10.2 Å². The van der Waals surface area contributed by atoms with E-state index in [9.17, 15) is 13.2 Å². The molecule has 0 spiro atoms. The minimum absolute atomic E-state index is 0.0368. The summed E-state index contributed by atoms with van der Waals surface area (Å²) in [6, 6.07) is 0. The van der Waals surface area contributed by atoms with Gasteiger partial charge in [0.15, 0.2) is 0 Å². The number of carboxylic acids is 1. The number of ether oxygens (including phenoxy) is 1. The number of nitrogens with zero attached hydrogens (tertiary/aromatic N) is 2. The number of aliphatic carboxylic acids is 1. The zero-order valence-corrected chi connectivity index (χ0v) is 12.6. The van der Waals surface area contributed by atoms with Crippen LogP contribution in [0.4, 0.5) is 0 Å². The highest BCUT2D eigenvalue weighted by Crippen LogP contribution is 2.10. The quantitative estimate of drug-likeness (QED) is 0.596. The predicted molar refractivity (Wildman–Crippen MR) is 72.2 cm³/mol. The SMILES string of the molecule is CCCN(CCC)S(=O)(=O)N(CCOC)CC(=O)O. The molecular formula is C11H24N2O5S. The van der Waals surface area contributed by atoms with Crippen molar-refractivity contribution in [3.05, 3.63) is 0 Å². The number of hydrogen-bond donors (Lipinski definition) is 1. The molecule has 114 valence electrons. The molecule has 0 saturated carbocycles. The fourth-order valence-corrected chi connectivity index (χ4v) is 3.36. The Morgan fingerprint density at radius 1 is 1.11 bits per heavy atom. The van der Waals surface area contributed by atoms with Gasteiger partial charge < -0.3 is 9.84 Å². The van der Waals surface area contributed by atoms with Crippen LogP contribution in [-0.2, 0) is 19.7 Å². The molecule has 0 saturated heterocycles. The average Bonchev–Trinajstić information content (AvgIpc) is 2.33.